The van der Waals surface area contributed by atoms with Gasteiger partial charge in [-0.05, 0) is 36.8 Å². The molecule has 0 radical (unpaired) electrons. The molecule has 23 heavy (non-hydrogen) atoms. The number of rotatable bonds is 6. The van der Waals surface area contributed by atoms with E-state index in [0.717, 1.165) is 31.2 Å². The van der Waals surface area contributed by atoms with E-state index in [9.17, 15) is 9.59 Å². The zero-order chi connectivity index (χ0) is 16.7. The summed E-state index contributed by atoms with van der Waals surface area (Å²) in [7, 11) is 1.39. The molecule has 0 bridgehead atoms. The van der Waals surface area contributed by atoms with Crippen LogP contribution < -0.4 is 5.32 Å². The summed E-state index contributed by atoms with van der Waals surface area (Å²) >= 11 is 0. The van der Waals surface area contributed by atoms with Gasteiger partial charge >= 0.3 is 5.97 Å². The van der Waals surface area contributed by atoms with Crippen molar-refractivity contribution in [3.63, 3.8) is 0 Å². The summed E-state index contributed by atoms with van der Waals surface area (Å²) in [6, 6.07) is 8.35. The Morgan fingerprint density at radius 3 is 2.26 bits per heavy atom. The third-order valence-corrected chi connectivity index (χ3v) is 4.73. The van der Waals surface area contributed by atoms with Crippen molar-refractivity contribution >= 4 is 11.9 Å². The second-order valence-electron chi connectivity index (χ2n) is 6.35. The Balaban J connectivity index is 1.92. The fourth-order valence-electron chi connectivity index (χ4n) is 3.26. The average molecular weight is 317 g/mol. The molecule has 0 spiro atoms. The molecule has 4 heteroatoms. The van der Waals surface area contributed by atoms with Crippen LogP contribution in [0.1, 0.15) is 56.6 Å². The van der Waals surface area contributed by atoms with Crippen LogP contribution in [0.2, 0.25) is 0 Å². The van der Waals surface area contributed by atoms with Gasteiger partial charge in [-0.15, -0.1) is 0 Å². The molecule has 0 saturated heterocycles. The number of aryl methyl sites for hydroxylation is 2. The van der Waals surface area contributed by atoms with Crippen LogP contribution in [0.25, 0.3) is 0 Å². The number of benzene rings is 1. The molecule has 1 aliphatic rings. The fourth-order valence-corrected chi connectivity index (χ4v) is 3.26. The number of carbonyl (C=O) groups is 2. The van der Waals surface area contributed by atoms with E-state index in [2.05, 4.69) is 36.5 Å². The van der Waals surface area contributed by atoms with Crippen LogP contribution in [0.3, 0.4) is 0 Å². The molecule has 0 unspecified atom stereocenters. The molecule has 1 saturated carbocycles. The third kappa shape index (κ3) is 4.57. The predicted octanol–water partition coefficient (Wildman–Crippen LogP) is 3.17. The highest BCUT2D eigenvalue weighted by Gasteiger charge is 2.41. The van der Waals surface area contributed by atoms with Gasteiger partial charge in [-0.2, -0.15) is 0 Å². The number of hydrogen-bond donors (Lipinski definition) is 1. The summed E-state index contributed by atoms with van der Waals surface area (Å²) in [5.41, 5.74) is 1.63. The van der Waals surface area contributed by atoms with Crippen molar-refractivity contribution in [2.75, 3.05) is 7.11 Å². The van der Waals surface area contributed by atoms with E-state index in [1.807, 2.05) is 0 Å². The molecule has 0 heterocycles. The maximum absolute atomic E-state index is 12.3. The zero-order valence-corrected chi connectivity index (χ0v) is 14.2. The van der Waals surface area contributed by atoms with E-state index in [0.29, 0.717) is 25.7 Å². The summed E-state index contributed by atoms with van der Waals surface area (Å²) < 4.78 is 4.93. The van der Waals surface area contributed by atoms with Crippen molar-refractivity contribution in [2.45, 2.75) is 63.8 Å². The molecule has 0 aromatic heterocycles. The van der Waals surface area contributed by atoms with Crippen LogP contribution in [-0.4, -0.2) is 24.5 Å². The lowest BCUT2D eigenvalue weighted by Crippen LogP contribution is -2.56. The van der Waals surface area contributed by atoms with Gasteiger partial charge in [0.25, 0.3) is 0 Å². The maximum atomic E-state index is 12.3. The van der Waals surface area contributed by atoms with E-state index in [4.69, 9.17) is 4.74 Å². The Kier molecular flexibility index (Phi) is 6.20. The van der Waals surface area contributed by atoms with Crippen molar-refractivity contribution in [3.8, 4) is 0 Å². The third-order valence-electron chi connectivity index (χ3n) is 4.73. The van der Waals surface area contributed by atoms with E-state index in [-0.39, 0.29) is 11.9 Å². The van der Waals surface area contributed by atoms with Crippen molar-refractivity contribution < 1.29 is 14.3 Å². The number of ether oxygens (including phenoxy) is 1. The molecule has 1 aromatic carbocycles. The molecule has 4 nitrogen and oxygen atoms in total. The van der Waals surface area contributed by atoms with Crippen molar-refractivity contribution in [1.82, 2.24) is 5.32 Å². The Morgan fingerprint density at radius 1 is 1.09 bits per heavy atom. The normalized spacial score (nSPS) is 16.6. The van der Waals surface area contributed by atoms with Gasteiger partial charge in [-0.25, -0.2) is 4.79 Å². The molecular weight excluding hydrogens is 290 g/mol. The monoisotopic (exact) mass is 317 g/mol. The Bertz CT molecular complexity index is 530. The molecule has 0 aliphatic heterocycles. The van der Waals surface area contributed by atoms with Crippen LogP contribution in [0.5, 0.6) is 0 Å². The molecular formula is C19H27NO3. The minimum atomic E-state index is -0.809. The van der Waals surface area contributed by atoms with Gasteiger partial charge in [0.2, 0.25) is 5.91 Å². The summed E-state index contributed by atoms with van der Waals surface area (Å²) in [6.45, 7) is 2.12. The first kappa shape index (κ1) is 17.5. The number of esters is 1. The summed E-state index contributed by atoms with van der Waals surface area (Å²) in [6.07, 6.45) is 6.47. The smallest absolute Gasteiger partial charge is 0.331 e. The highest BCUT2D eigenvalue weighted by Crippen LogP contribution is 2.29. The molecule has 1 aliphatic carbocycles. The average Bonchev–Trinajstić information content (AvgIpc) is 2.60. The molecule has 2 rings (SSSR count). The van der Waals surface area contributed by atoms with Crippen LogP contribution >= 0.6 is 0 Å². The molecule has 126 valence electrons. The van der Waals surface area contributed by atoms with Gasteiger partial charge in [-0.1, -0.05) is 50.5 Å². The summed E-state index contributed by atoms with van der Waals surface area (Å²) in [5, 5.41) is 2.96. The minimum Gasteiger partial charge on any atom is -0.467 e. The van der Waals surface area contributed by atoms with Gasteiger partial charge in [0, 0.05) is 6.42 Å². The number of methoxy groups -OCH3 is 1. The van der Waals surface area contributed by atoms with E-state index in [1.165, 1.54) is 12.7 Å². The largest absolute Gasteiger partial charge is 0.467 e. The van der Waals surface area contributed by atoms with Gasteiger partial charge in [0.05, 0.1) is 7.11 Å². The van der Waals surface area contributed by atoms with Crippen LogP contribution in [0.15, 0.2) is 24.3 Å². The number of hydrogen-bond acceptors (Lipinski definition) is 3. The Hall–Kier alpha value is -1.84. The first-order valence-corrected chi connectivity index (χ1v) is 8.57. The quantitative estimate of drug-likeness (QED) is 0.820. The zero-order valence-electron chi connectivity index (χ0n) is 14.2. The molecule has 1 aromatic rings. The minimum absolute atomic E-state index is 0.0723. The molecule has 0 atom stereocenters. The van der Waals surface area contributed by atoms with Gasteiger partial charge < -0.3 is 10.1 Å². The fraction of sp³-hybridized carbons (Fsp3) is 0.579. The first-order chi connectivity index (χ1) is 11.1. The van der Waals surface area contributed by atoms with Crippen LogP contribution in [0, 0.1) is 0 Å². The van der Waals surface area contributed by atoms with E-state index in [1.54, 1.807) is 0 Å². The Morgan fingerprint density at radius 2 is 1.70 bits per heavy atom. The van der Waals surface area contributed by atoms with Crippen LogP contribution in [-0.2, 0) is 27.2 Å². The second-order valence-corrected chi connectivity index (χ2v) is 6.35. The van der Waals surface area contributed by atoms with Gasteiger partial charge in [0.15, 0.2) is 0 Å². The van der Waals surface area contributed by atoms with Crippen molar-refractivity contribution in [1.29, 1.82) is 0 Å². The van der Waals surface area contributed by atoms with Gasteiger partial charge in [-0.3, -0.25) is 4.79 Å². The SMILES string of the molecule is CCc1ccc(CCC(=O)NC2(C(=O)OC)CCCCC2)cc1. The Labute approximate surface area is 138 Å². The molecule has 1 fully saturated rings. The highest BCUT2D eigenvalue weighted by molar-refractivity contribution is 5.88. The predicted molar refractivity (Wildman–Crippen MR) is 90.1 cm³/mol. The van der Waals surface area contributed by atoms with Crippen molar-refractivity contribution in [2.24, 2.45) is 0 Å². The van der Waals surface area contributed by atoms with E-state index < -0.39 is 5.54 Å². The lowest BCUT2D eigenvalue weighted by Gasteiger charge is -2.35. The summed E-state index contributed by atoms with van der Waals surface area (Å²) in [4.78, 5) is 24.4. The van der Waals surface area contributed by atoms with Crippen molar-refractivity contribution in [3.05, 3.63) is 35.4 Å². The lowest BCUT2D eigenvalue weighted by molar-refractivity contribution is -0.152. The van der Waals surface area contributed by atoms with Gasteiger partial charge in [0.1, 0.15) is 5.54 Å². The lowest BCUT2D eigenvalue weighted by atomic mass is 9.81. The number of carbonyl (C=O) groups excluding carboxylic acids is 2. The standard InChI is InChI=1S/C19H27NO3/c1-3-15-7-9-16(10-8-15)11-12-17(21)20-19(18(22)23-2)13-5-4-6-14-19/h7-10H,3-6,11-14H2,1-2H3,(H,20,21). The first-order valence-electron chi connectivity index (χ1n) is 8.57. The number of amides is 1. The maximum Gasteiger partial charge on any atom is 0.331 e. The topological polar surface area (TPSA) is 55.4 Å². The second kappa shape index (κ2) is 8.14. The summed E-state index contributed by atoms with van der Waals surface area (Å²) in [5.74, 6) is -0.380. The highest BCUT2D eigenvalue weighted by atomic mass is 16.5. The molecule has 1 amide bonds. The van der Waals surface area contributed by atoms with E-state index >= 15 is 0 Å². The molecule has 1 N–H and O–H groups in total. The number of nitrogens with one attached hydrogen (secondary N) is 1. The van der Waals surface area contributed by atoms with Crippen LogP contribution in [0.4, 0.5) is 0 Å².